The first-order valence-corrected chi connectivity index (χ1v) is 7.43. The van der Waals surface area contributed by atoms with E-state index < -0.39 is 5.97 Å². The lowest BCUT2D eigenvalue weighted by molar-refractivity contribution is -0.145. The molecule has 2 rings (SSSR count). The average Bonchev–Trinajstić information content (AvgIpc) is 2.79. The minimum absolute atomic E-state index is 0.0306. The van der Waals surface area contributed by atoms with Gasteiger partial charge in [0, 0.05) is 19.0 Å². The third-order valence-corrected chi connectivity index (χ3v) is 4.25. The van der Waals surface area contributed by atoms with Gasteiger partial charge in [-0.15, -0.1) is 0 Å². The van der Waals surface area contributed by atoms with E-state index in [-0.39, 0.29) is 23.7 Å². The van der Waals surface area contributed by atoms with Crippen molar-refractivity contribution in [1.29, 1.82) is 0 Å². The van der Waals surface area contributed by atoms with Crippen LogP contribution in [0.15, 0.2) is 10.5 Å². The lowest BCUT2D eigenvalue weighted by Gasteiger charge is -2.34. The van der Waals surface area contributed by atoms with Crippen LogP contribution in [0, 0.1) is 18.8 Å². The summed E-state index contributed by atoms with van der Waals surface area (Å²) in [5.41, 5.74) is 0.597. The fourth-order valence-electron chi connectivity index (χ4n) is 2.87. The number of likely N-dealkylation sites (tertiary alicyclic amines) is 1. The lowest BCUT2D eigenvalue weighted by atomic mass is 9.87. The highest BCUT2D eigenvalue weighted by Gasteiger charge is 2.34. The highest BCUT2D eigenvalue weighted by atomic mass is 16.4. The molecule has 2 atom stereocenters. The molecule has 1 aromatic heterocycles. The SMILES string of the molecule is Cc1oc(C(C)C)cc1C(=O)N1CCC(C(=O)O)C(C)C1. The van der Waals surface area contributed by atoms with E-state index >= 15 is 0 Å². The van der Waals surface area contributed by atoms with Crippen LogP contribution >= 0.6 is 0 Å². The summed E-state index contributed by atoms with van der Waals surface area (Å²) >= 11 is 0. The second-order valence-corrected chi connectivity index (χ2v) is 6.24. The minimum Gasteiger partial charge on any atom is -0.481 e. The Bertz CT molecular complexity index is 546. The van der Waals surface area contributed by atoms with Crippen molar-refractivity contribution in [2.75, 3.05) is 13.1 Å². The van der Waals surface area contributed by atoms with Gasteiger partial charge in [-0.05, 0) is 25.3 Å². The first-order valence-electron chi connectivity index (χ1n) is 7.43. The Balaban J connectivity index is 2.13. The molecule has 1 amide bonds. The van der Waals surface area contributed by atoms with Crippen LogP contribution in [0.1, 0.15) is 55.0 Å². The van der Waals surface area contributed by atoms with Gasteiger partial charge in [0.1, 0.15) is 11.5 Å². The molecule has 116 valence electrons. The molecule has 0 radical (unpaired) electrons. The van der Waals surface area contributed by atoms with Gasteiger partial charge >= 0.3 is 5.97 Å². The number of aryl methyl sites for hydroxylation is 1. The number of aliphatic carboxylic acids is 1. The number of piperidine rings is 1. The van der Waals surface area contributed by atoms with Crippen molar-refractivity contribution in [2.45, 2.75) is 40.0 Å². The van der Waals surface area contributed by atoms with Crippen LogP contribution in [-0.2, 0) is 4.79 Å². The summed E-state index contributed by atoms with van der Waals surface area (Å²) in [6.07, 6.45) is 0.510. The molecule has 5 nitrogen and oxygen atoms in total. The van der Waals surface area contributed by atoms with Gasteiger partial charge in [-0.3, -0.25) is 9.59 Å². The van der Waals surface area contributed by atoms with E-state index in [1.165, 1.54) is 0 Å². The Morgan fingerprint density at radius 2 is 2.10 bits per heavy atom. The van der Waals surface area contributed by atoms with Gasteiger partial charge < -0.3 is 14.4 Å². The smallest absolute Gasteiger partial charge is 0.306 e. The fourth-order valence-corrected chi connectivity index (χ4v) is 2.87. The zero-order valence-corrected chi connectivity index (χ0v) is 13.0. The number of amides is 1. The van der Waals surface area contributed by atoms with E-state index in [0.717, 1.165) is 5.76 Å². The van der Waals surface area contributed by atoms with Crippen molar-refractivity contribution in [2.24, 2.45) is 11.8 Å². The molecule has 1 N–H and O–H groups in total. The maximum absolute atomic E-state index is 12.6. The third kappa shape index (κ3) is 3.12. The van der Waals surface area contributed by atoms with Gasteiger partial charge in [-0.2, -0.15) is 0 Å². The molecule has 2 unspecified atom stereocenters. The molecule has 2 heterocycles. The first-order chi connectivity index (χ1) is 9.81. The van der Waals surface area contributed by atoms with Crippen LogP contribution in [0.3, 0.4) is 0 Å². The van der Waals surface area contributed by atoms with Crippen molar-refractivity contribution in [3.63, 3.8) is 0 Å². The summed E-state index contributed by atoms with van der Waals surface area (Å²) in [4.78, 5) is 25.5. The minimum atomic E-state index is -0.767. The Hall–Kier alpha value is -1.78. The Labute approximate surface area is 124 Å². The highest BCUT2D eigenvalue weighted by molar-refractivity contribution is 5.95. The Morgan fingerprint density at radius 1 is 1.43 bits per heavy atom. The molecule has 1 aliphatic heterocycles. The number of carbonyl (C=O) groups is 2. The maximum Gasteiger partial charge on any atom is 0.306 e. The number of hydrogen-bond donors (Lipinski definition) is 1. The van der Waals surface area contributed by atoms with Crippen molar-refractivity contribution in [3.8, 4) is 0 Å². The van der Waals surface area contributed by atoms with E-state index in [1.807, 2.05) is 26.8 Å². The van der Waals surface area contributed by atoms with E-state index in [0.29, 0.717) is 30.8 Å². The Kier molecular flexibility index (Phi) is 4.40. The molecular formula is C16H23NO4. The van der Waals surface area contributed by atoms with Crippen LogP contribution in [-0.4, -0.2) is 35.0 Å². The number of nitrogens with zero attached hydrogens (tertiary/aromatic N) is 1. The highest BCUT2D eigenvalue weighted by Crippen LogP contribution is 2.27. The van der Waals surface area contributed by atoms with E-state index in [2.05, 4.69) is 0 Å². The second kappa shape index (κ2) is 5.92. The zero-order valence-electron chi connectivity index (χ0n) is 13.0. The predicted octanol–water partition coefficient (Wildman–Crippen LogP) is 2.89. The average molecular weight is 293 g/mol. The number of rotatable bonds is 3. The quantitative estimate of drug-likeness (QED) is 0.930. The molecular weight excluding hydrogens is 270 g/mol. The lowest BCUT2D eigenvalue weighted by Crippen LogP contribution is -2.45. The predicted molar refractivity (Wildman–Crippen MR) is 78.3 cm³/mol. The van der Waals surface area contributed by atoms with Crippen LogP contribution in [0.4, 0.5) is 0 Å². The summed E-state index contributed by atoms with van der Waals surface area (Å²) in [5, 5.41) is 9.14. The molecule has 0 spiro atoms. The van der Waals surface area contributed by atoms with Crippen LogP contribution < -0.4 is 0 Å². The number of carboxylic acids is 1. The van der Waals surface area contributed by atoms with Crippen molar-refractivity contribution < 1.29 is 19.1 Å². The summed E-state index contributed by atoms with van der Waals surface area (Å²) in [7, 11) is 0. The monoisotopic (exact) mass is 293 g/mol. The summed E-state index contributed by atoms with van der Waals surface area (Å²) in [6, 6.07) is 1.82. The molecule has 1 saturated heterocycles. The fraction of sp³-hybridized carbons (Fsp3) is 0.625. The maximum atomic E-state index is 12.6. The standard InChI is InChI=1S/C16H23NO4/c1-9(2)14-7-13(11(4)21-14)15(18)17-6-5-12(16(19)20)10(3)8-17/h7,9-10,12H,5-6,8H2,1-4H3,(H,19,20). The molecule has 0 aliphatic carbocycles. The number of furan rings is 1. The van der Waals surface area contributed by atoms with Crippen molar-refractivity contribution in [1.82, 2.24) is 4.90 Å². The van der Waals surface area contributed by atoms with Crippen molar-refractivity contribution in [3.05, 3.63) is 23.2 Å². The Morgan fingerprint density at radius 3 is 2.57 bits per heavy atom. The zero-order chi connectivity index (χ0) is 15.7. The number of carbonyl (C=O) groups excluding carboxylic acids is 1. The molecule has 1 aromatic rings. The third-order valence-electron chi connectivity index (χ3n) is 4.25. The molecule has 0 saturated carbocycles. The molecule has 0 bridgehead atoms. The second-order valence-electron chi connectivity index (χ2n) is 6.24. The van der Waals surface area contributed by atoms with Crippen LogP contribution in [0.2, 0.25) is 0 Å². The van der Waals surface area contributed by atoms with Gasteiger partial charge in [0.25, 0.3) is 5.91 Å². The van der Waals surface area contributed by atoms with Crippen LogP contribution in [0.25, 0.3) is 0 Å². The molecule has 0 aromatic carbocycles. The van der Waals surface area contributed by atoms with E-state index in [9.17, 15) is 9.59 Å². The van der Waals surface area contributed by atoms with E-state index in [4.69, 9.17) is 9.52 Å². The molecule has 5 heteroatoms. The largest absolute Gasteiger partial charge is 0.481 e. The first kappa shape index (κ1) is 15.6. The summed E-state index contributed by atoms with van der Waals surface area (Å²) < 4.78 is 5.63. The number of carboxylic acid groups (broad SMARTS) is 1. The summed E-state index contributed by atoms with van der Waals surface area (Å²) in [6.45, 7) is 8.70. The van der Waals surface area contributed by atoms with Gasteiger partial charge in [-0.1, -0.05) is 20.8 Å². The molecule has 1 fully saturated rings. The molecule has 21 heavy (non-hydrogen) atoms. The van der Waals surface area contributed by atoms with Crippen molar-refractivity contribution >= 4 is 11.9 Å². The van der Waals surface area contributed by atoms with Gasteiger partial charge in [0.15, 0.2) is 0 Å². The van der Waals surface area contributed by atoms with Gasteiger partial charge in [0.05, 0.1) is 11.5 Å². The normalized spacial score (nSPS) is 22.6. The summed E-state index contributed by atoms with van der Waals surface area (Å²) in [5.74, 6) is 0.473. The van der Waals surface area contributed by atoms with E-state index in [1.54, 1.807) is 11.8 Å². The van der Waals surface area contributed by atoms with Crippen LogP contribution in [0.5, 0.6) is 0 Å². The molecule has 1 aliphatic rings. The topological polar surface area (TPSA) is 70.8 Å². The van der Waals surface area contributed by atoms with Gasteiger partial charge in [0.2, 0.25) is 0 Å². The number of hydrogen-bond acceptors (Lipinski definition) is 3. The van der Waals surface area contributed by atoms with Gasteiger partial charge in [-0.25, -0.2) is 0 Å².